The molecule has 1 fully saturated rings. The number of rotatable bonds is 19. The number of aliphatic hydroxyl groups excluding tert-OH is 1. The smallest absolute Gasteiger partial charge is 0.491 e. The third kappa shape index (κ3) is 13.1. The lowest BCUT2D eigenvalue weighted by Crippen LogP contribution is -2.39. The molecule has 9 nitrogen and oxygen atoms in total. The molecule has 2 atom stereocenters. The minimum Gasteiger partial charge on any atom is -0.491 e. The highest BCUT2D eigenvalue weighted by atomic mass is 35.5. The van der Waals surface area contributed by atoms with Crippen molar-refractivity contribution in [3.05, 3.63) is 63.6 Å². The highest BCUT2D eigenvalue weighted by Crippen LogP contribution is 2.28. The van der Waals surface area contributed by atoms with Crippen molar-refractivity contribution in [3.8, 4) is 5.75 Å². The summed E-state index contributed by atoms with van der Waals surface area (Å²) < 4.78 is 61.3. The van der Waals surface area contributed by atoms with Gasteiger partial charge in [0, 0.05) is 26.7 Å². The van der Waals surface area contributed by atoms with Gasteiger partial charge in [0.2, 0.25) is 5.91 Å². The van der Waals surface area contributed by atoms with Gasteiger partial charge in [-0.25, -0.2) is 0 Å². The fourth-order valence-electron chi connectivity index (χ4n) is 4.68. The zero-order valence-corrected chi connectivity index (χ0v) is 26.1. The van der Waals surface area contributed by atoms with E-state index in [0.717, 1.165) is 24.1 Å². The third-order valence-electron chi connectivity index (χ3n) is 6.93. The zero-order valence-electron chi connectivity index (χ0n) is 24.6. The molecule has 0 saturated carbocycles. The zero-order chi connectivity index (χ0) is 32.0. The molecule has 1 heterocycles. The first kappa shape index (κ1) is 36.3. The molecule has 0 bridgehead atoms. The minimum atomic E-state index is -4.66. The van der Waals surface area contributed by atoms with Crippen LogP contribution in [0.1, 0.15) is 23.6 Å². The number of nitrogens with zero attached hydrogens (tertiary/aromatic N) is 2. The van der Waals surface area contributed by atoms with Crippen LogP contribution in [0.25, 0.3) is 0 Å². The molecule has 44 heavy (non-hydrogen) atoms. The number of benzene rings is 2. The highest BCUT2D eigenvalue weighted by Gasteiger charge is 2.30. The maximum Gasteiger partial charge on any atom is 0.522 e. The van der Waals surface area contributed by atoms with Crippen LogP contribution in [0.2, 0.25) is 10.0 Å². The van der Waals surface area contributed by atoms with Crippen molar-refractivity contribution in [2.24, 2.45) is 0 Å². The number of hydrogen-bond acceptors (Lipinski definition) is 8. The van der Waals surface area contributed by atoms with Gasteiger partial charge in [0.25, 0.3) is 0 Å². The molecule has 3 rings (SSSR count). The van der Waals surface area contributed by atoms with Crippen molar-refractivity contribution in [2.45, 2.75) is 31.3 Å². The Balaban J connectivity index is 1.48. The molecule has 246 valence electrons. The number of ether oxygens (including phenoxy) is 5. The fourth-order valence-corrected chi connectivity index (χ4v) is 5.00. The van der Waals surface area contributed by atoms with Gasteiger partial charge in [-0.3, -0.25) is 14.4 Å². The summed E-state index contributed by atoms with van der Waals surface area (Å²) in [6, 6.07) is 12.4. The Morgan fingerprint density at radius 3 is 2.34 bits per heavy atom. The van der Waals surface area contributed by atoms with Crippen molar-refractivity contribution in [1.29, 1.82) is 0 Å². The molecule has 1 amide bonds. The van der Waals surface area contributed by atoms with Crippen molar-refractivity contribution in [2.75, 3.05) is 79.5 Å². The number of amides is 1. The molecular formula is C30H39Cl2F3N2O7. The molecule has 0 radical (unpaired) electrons. The quantitative estimate of drug-likeness (QED) is 0.215. The Kier molecular flexibility index (Phi) is 15.5. The number of carbonyl (C=O) groups excluding carboxylic acids is 1. The lowest BCUT2D eigenvalue weighted by atomic mass is 10.0. The SMILES string of the molecule is CN(C(=O)Cc1ccc(Cl)c(Cl)c1)C(CN1CCC(OCCOCCOCCOC(F)(F)F)C1)c1ccc(OCCO)cc1. The summed E-state index contributed by atoms with van der Waals surface area (Å²) in [6.45, 7) is 2.55. The molecule has 14 heteroatoms. The largest absolute Gasteiger partial charge is 0.522 e. The van der Waals surface area contributed by atoms with Gasteiger partial charge < -0.3 is 29.0 Å². The van der Waals surface area contributed by atoms with E-state index in [1.165, 1.54) is 0 Å². The van der Waals surface area contributed by atoms with Gasteiger partial charge in [-0.1, -0.05) is 41.4 Å². The molecule has 1 aliphatic heterocycles. The number of halogens is 5. The molecule has 1 saturated heterocycles. The summed E-state index contributed by atoms with van der Waals surface area (Å²) >= 11 is 12.2. The van der Waals surface area contributed by atoms with E-state index >= 15 is 0 Å². The number of hydrogen-bond donors (Lipinski definition) is 1. The number of aliphatic hydroxyl groups is 1. The minimum absolute atomic E-state index is 0.00138. The molecule has 0 aromatic heterocycles. The van der Waals surface area contributed by atoms with Gasteiger partial charge in [0.05, 0.1) is 74.9 Å². The van der Waals surface area contributed by atoms with E-state index in [4.69, 9.17) is 47.3 Å². The van der Waals surface area contributed by atoms with Crippen molar-refractivity contribution < 1.29 is 46.8 Å². The molecular weight excluding hydrogens is 628 g/mol. The number of likely N-dealkylation sites (N-methyl/N-ethyl adjacent to an activating group) is 1. The topological polar surface area (TPSA) is 89.9 Å². The van der Waals surface area contributed by atoms with Crippen molar-refractivity contribution in [3.63, 3.8) is 0 Å². The van der Waals surface area contributed by atoms with Crippen LogP contribution in [0.4, 0.5) is 13.2 Å². The number of likely N-dealkylation sites (tertiary alicyclic amines) is 1. The molecule has 2 aromatic rings. The second-order valence-corrected chi connectivity index (χ2v) is 11.0. The second kappa shape index (κ2) is 18.7. The van der Waals surface area contributed by atoms with Gasteiger partial charge in [0.15, 0.2) is 0 Å². The average Bonchev–Trinajstić information content (AvgIpc) is 3.44. The fraction of sp³-hybridized carbons (Fsp3) is 0.567. The molecule has 0 aliphatic carbocycles. The van der Waals surface area contributed by atoms with Crippen LogP contribution in [-0.4, -0.2) is 113 Å². The van der Waals surface area contributed by atoms with E-state index in [9.17, 15) is 18.0 Å². The summed E-state index contributed by atoms with van der Waals surface area (Å²) in [7, 11) is 1.79. The summed E-state index contributed by atoms with van der Waals surface area (Å²) in [5, 5.41) is 9.87. The Morgan fingerprint density at radius 2 is 1.68 bits per heavy atom. The molecule has 2 unspecified atom stereocenters. The number of carbonyl (C=O) groups is 1. The Morgan fingerprint density at radius 1 is 1.00 bits per heavy atom. The van der Waals surface area contributed by atoms with Gasteiger partial charge >= 0.3 is 6.36 Å². The summed E-state index contributed by atoms with van der Waals surface area (Å²) in [6.07, 6.45) is -3.67. The van der Waals surface area contributed by atoms with E-state index in [1.807, 2.05) is 24.3 Å². The Labute approximate surface area is 265 Å². The molecule has 2 aromatic carbocycles. The second-order valence-electron chi connectivity index (χ2n) is 10.1. The Hall–Kier alpha value is -2.16. The Bertz CT molecular complexity index is 1140. The van der Waals surface area contributed by atoms with Crippen molar-refractivity contribution >= 4 is 29.1 Å². The summed E-state index contributed by atoms with van der Waals surface area (Å²) in [4.78, 5) is 17.4. The predicted octanol–water partition coefficient (Wildman–Crippen LogP) is 4.77. The molecule has 0 spiro atoms. The van der Waals surface area contributed by atoms with Crippen LogP contribution in [0.3, 0.4) is 0 Å². The lowest BCUT2D eigenvalue weighted by molar-refractivity contribution is -0.327. The summed E-state index contributed by atoms with van der Waals surface area (Å²) in [5.41, 5.74) is 1.71. The van der Waals surface area contributed by atoms with Crippen molar-refractivity contribution in [1.82, 2.24) is 9.80 Å². The van der Waals surface area contributed by atoms with Gasteiger partial charge in [-0.05, 0) is 41.8 Å². The van der Waals surface area contributed by atoms with Crippen LogP contribution in [0.15, 0.2) is 42.5 Å². The van der Waals surface area contributed by atoms with Gasteiger partial charge in [-0.2, -0.15) is 0 Å². The first-order valence-electron chi connectivity index (χ1n) is 14.3. The lowest BCUT2D eigenvalue weighted by Gasteiger charge is -2.32. The maximum atomic E-state index is 13.4. The first-order chi connectivity index (χ1) is 21.1. The summed E-state index contributed by atoms with van der Waals surface area (Å²) in [5.74, 6) is 0.556. The predicted molar refractivity (Wildman–Crippen MR) is 159 cm³/mol. The van der Waals surface area contributed by atoms with Gasteiger partial charge in [-0.15, -0.1) is 13.2 Å². The number of alkyl halides is 3. The monoisotopic (exact) mass is 666 g/mol. The van der Waals surface area contributed by atoms with E-state index in [0.29, 0.717) is 42.1 Å². The first-order valence-corrected chi connectivity index (χ1v) is 15.0. The molecule has 1 N–H and O–H groups in total. The highest BCUT2D eigenvalue weighted by molar-refractivity contribution is 6.42. The van der Waals surface area contributed by atoms with E-state index in [2.05, 4.69) is 9.64 Å². The van der Waals surface area contributed by atoms with E-state index in [1.54, 1.807) is 30.1 Å². The van der Waals surface area contributed by atoms with Crippen LogP contribution >= 0.6 is 23.2 Å². The van der Waals surface area contributed by atoms with Crippen LogP contribution in [0, 0.1) is 0 Å². The average molecular weight is 668 g/mol. The van der Waals surface area contributed by atoms with E-state index < -0.39 is 13.0 Å². The maximum absolute atomic E-state index is 13.4. The van der Waals surface area contributed by atoms with Crippen LogP contribution in [0.5, 0.6) is 5.75 Å². The standard InChI is InChI=1S/C30H39Cl2F3N2O7/c1-36(29(39)19-22-2-7-26(31)27(32)18-22)28(23-3-5-24(6-4-23)42-11-10-38)21-37-9-8-25(20-37)43-16-14-40-12-13-41-15-17-44-30(33,34)35/h2-7,18,25,28,38H,8-17,19-21H2,1H3. The molecule has 1 aliphatic rings. The van der Waals surface area contributed by atoms with Crippen LogP contribution < -0.4 is 4.74 Å². The van der Waals surface area contributed by atoms with E-state index in [-0.39, 0.29) is 57.5 Å². The van der Waals surface area contributed by atoms with Crippen LogP contribution in [-0.2, 0) is 30.2 Å². The van der Waals surface area contributed by atoms with Gasteiger partial charge in [0.1, 0.15) is 12.4 Å². The third-order valence-corrected chi connectivity index (χ3v) is 7.67. The normalized spacial score (nSPS) is 16.3.